The van der Waals surface area contributed by atoms with Crippen LogP contribution in [0.5, 0.6) is 5.75 Å². The van der Waals surface area contributed by atoms with E-state index in [4.69, 9.17) is 9.88 Å². The Labute approximate surface area is 120 Å². The van der Waals surface area contributed by atoms with E-state index in [1.807, 2.05) is 0 Å². The summed E-state index contributed by atoms with van der Waals surface area (Å²) in [4.78, 5) is 2.40. The van der Waals surface area contributed by atoms with Crippen LogP contribution in [-0.2, 0) is 10.0 Å². The number of primary sulfonamides is 1. The fourth-order valence-electron chi connectivity index (χ4n) is 2.18. The number of ether oxygens (including phenoxy) is 1. The number of likely N-dealkylation sites (N-methyl/N-ethyl adjacent to an activating group) is 1. The van der Waals surface area contributed by atoms with Gasteiger partial charge in [0.05, 0.1) is 4.90 Å². The molecule has 0 aliphatic heterocycles. The standard InChI is InChI=1S/C14H22N2O3S/c1-11(12-3-4-12)16(2)9-10-19-13-5-7-14(8-6-13)20(15,17)18/h5-8,11-12H,3-4,9-10H2,1-2H3,(H2,15,17,18). The highest BCUT2D eigenvalue weighted by molar-refractivity contribution is 7.89. The third-order valence-electron chi connectivity index (χ3n) is 3.86. The second kappa shape index (κ2) is 6.11. The molecule has 6 heteroatoms. The van der Waals surface area contributed by atoms with Crippen LogP contribution in [0.3, 0.4) is 0 Å². The summed E-state index contributed by atoms with van der Waals surface area (Å²) < 4.78 is 27.9. The van der Waals surface area contributed by atoms with Crippen molar-refractivity contribution >= 4 is 10.0 Å². The van der Waals surface area contributed by atoms with Crippen molar-refractivity contribution < 1.29 is 13.2 Å². The van der Waals surface area contributed by atoms with Gasteiger partial charge < -0.3 is 9.64 Å². The van der Waals surface area contributed by atoms with Crippen LogP contribution < -0.4 is 9.88 Å². The van der Waals surface area contributed by atoms with E-state index in [1.54, 1.807) is 12.1 Å². The number of nitrogens with two attached hydrogens (primary N) is 1. The zero-order valence-corrected chi connectivity index (χ0v) is 12.8. The third kappa shape index (κ3) is 4.19. The molecule has 0 amide bonds. The summed E-state index contributed by atoms with van der Waals surface area (Å²) in [5.41, 5.74) is 0. The molecule has 0 spiro atoms. The molecule has 5 nitrogen and oxygen atoms in total. The monoisotopic (exact) mass is 298 g/mol. The lowest BCUT2D eigenvalue weighted by Crippen LogP contribution is -2.34. The summed E-state index contributed by atoms with van der Waals surface area (Å²) >= 11 is 0. The molecule has 0 radical (unpaired) electrons. The largest absolute Gasteiger partial charge is 0.492 e. The van der Waals surface area contributed by atoms with Crippen molar-refractivity contribution in [3.05, 3.63) is 24.3 Å². The average molecular weight is 298 g/mol. The molecule has 2 rings (SSSR count). The van der Waals surface area contributed by atoms with Gasteiger partial charge in [0.15, 0.2) is 0 Å². The van der Waals surface area contributed by atoms with Gasteiger partial charge in [0.2, 0.25) is 10.0 Å². The number of benzene rings is 1. The molecule has 1 fully saturated rings. The lowest BCUT2D eigenvalue weighted by atomic mass is 10.2. The van der Waals surface area contributed by atoms with Crippen LogP contribution >= 0.6 is 0 Å². The van der Waals surface area contributed by atoms with E-state index in [0.717, 1.165) is 12.5 Å². The quantitative estimate of drug-likeness (QED) is 0.827. The Morgan fingerprint density at radius 2 is 1.95 bits per heavy atom. The molecule has 0 aromatic heterocycles. The van der Waals surface area contributed by atoms with Crippen LogP contribution in [0.2, 0.25) is 0 Å². The highest BCUT2D eigenvalue weighted by Crippen LogP contribution is 2.34. The maximum absolute atomic E-state index is 11.1. The molecule has 1 aromatic carbocycles. The Balaban J connectivity index is 1.79. The molecule has 1 aliphatic rings. The lowest BCUT2D eigenvalue weighted by Gasteiger charge is -2.24. The first kappa shape index (κ1) is 15.3. The van der Waals surface area contributed by atoms with Gasteiger partial charge in [-0.1, -0.05) is 0 Å². The number of rotatable bonds is 7. The average Bonchev–Trinajstić information content (AvgIpc) is 3.21. The summed E-state index contributed by atoms with van der Waals surface area (Å²) in [6, 6.07) is 6.78. The van der Waals surface area contributed by atoms with Crippen molar-refractivity contribution in [3.8, 4) is 5.75 Å². The minimum absolute atomic E-state index is 0.101. The molecule has 1 unspecified atom stereocenters. The van der Waals surface area contributed by atoms with Gasteiger partial charge in [-0.05, 0) is 57.0 Å². The van der Waals surface area contributed by atoms with Gasteiger partial charge >= 0.3 is 0 Å². The van der Waals surface area contributed by atoms with Crippen molar-refractivity contribution in [3.63, 3.8) is 0 Å². The van der Waals surface area contributed by atoms with E-state index in [9.17, 15) is 8.42 Å². The Morgan fingerprint density at radius 3 is 2.45 bits per heavy atom. The highest BCUT2D eigenvalue weighted by Gasteiger charge is 2.30. The van der Waals surface area contributed by atoms with Crippen LogP contribution in [0.25, 0.3) is 0 Å². The molecule has 0 bridgehead atoms. The van der Waals surface area contributed by atoms with Gasteiger partial charge in [-0.3, -0.25) is 0 Å². The normalized spacial score (nSPS) is 17.2. The molecular weight excluding hydrogens is 276 g/mol. The minimum Gasteiger partial charge on any atom is -0.492 e. The molecule has 2 N–H and O–H groups in total. The SMILES string of the molecule is CC(C1CC1)N(C)CCOc1ccc(S(N)(=O)=O)cc1. The van der Waals surface area contributed by atoms with Crippen LogP contribution in [0.1, 0.15) is 19.8 Å². The first-order chi connectivity index (χ1) is 9.38. The van der Waals surface area contributed by atoms with E-state index in [2.05, 4.69) is 18.9 Å². The van der Waals surface area contributed by atoms with Crippen molar-refractivity contribution in [2.24, 2.45) is 11.1 Å². The molecule has 1 atom stereocenters. The van der Waals surface area contributed by atoms with Gasteiger partial charge in [-0.2, -0.15) is 0 Å². The number of hydrogen-bond donors (Lipinski definition) is 1. The predicted molar refractivity (Wildman–Crippen MR) is 78.1 cm³/mol. The first-order valence-corrected chi connectivity index (χ1v) is 8.38. The van der Waals surface area contributed by atoms with E-state index < -0.39 is 10.0 Å². The maximum atomic E-state index is 11.1. The van der Waals surface area contributed by atoms with Crippen LogP contribution in [-0.4, -0.2) is 39.6 Å². The number of sulfonamides is 1. The molecule has 0 saturated heterocycles. The first-order valence-electron chi connectivity index (χ1n) is 6.84. The zero-order chi connectivity index (χ0) is 14.8. The van der Waals surface area contributed by atoms with Crippen molar-refractivity contribution in [2.45, 2.75) is 30.7 Å². The highest BCUT2D eigenvalue weighted by atomic mass is 32.2. The van der Waals surface area contributed by atoms with E-state index >= 15 is 0 Å². The van der Waals surface area contributed by atoms with Gasteiger partial charge in [-0.15, -0.1) is 0 Å². The van der Waals surface area contributed by atoms with Crippen LogP contribution in [0, 0.1) is 5.92 Å². The topological polar surface area (TPSA) is 72.6 Å². The second-order valence-electron chi connectivity index (χ2n) is 5.42. The van der Waals surface area contributed by atoms with E-state index in [0.29, 0.717) is 18.4 Å². The number of nitrogens with zero attached hydrogens (tertiary/aromatic N) is 1. The lowest BCUT2D eigenvalue weighted by molar-refractivity contribution is 0.186. The smallest absolute Gasteiger partial charge is 0.238 e. The summed E-state index contributed by atoms with van der Waals surface area (Å²) in [5, 5.41) is 5.04. The Hall–Kier alpha value is -1.11. The van der Waals surface area contributed by atoms with Crippen LogP contribution in [0.4, 0.5) is 0 Å². The predicted octanol–water partition coefficient (Wildman–Crippen LogP) is 1.44. The van der Waals surface area contributed by atoms with Crippen molar-refractivity contribution in [2.75, 3.05) is 20.2 Å². The Kier molecular flexibility index (Phi) is 4.67. The minimum atomic E-state index is -3.63. The zero-order valence-electron chi connectivity index (χ0n) is 12.0. The van der Waals surface area contributed by atoms with Crippen molar-refractivity contribution in [1.29, 1.82) is 0 Å². The van der Waals surface area contributed by atoms with Gasteiger partial charge in [0, 0.05) is 12.6 Å². The molecule has 0 heterocycles. The third-order valence-corrected chi connectivity index (χ3v) is 4.79. The van der Waals surface area contributed by atoms with Gasteiger partial charge in [0.1, 0.15) is 12.4 Å². The second-order valence-corrected chi connectivity index (χ2v) is 6.98. The molecular formula is C14H22N2O3S. The Morgan fingerprint density at radius 1 is 1.35 bits per heavy atom. The summed E-state index contributed by atoms with van der Waals surface area (Å²) in [6.45, 7) is 3.69. The summed E-state index contributed by atoms with van der Waals surface area (Å²) in [5.74, 6) is 1.50. The van der Waals surface area contributed by atoms with E-state index in [-0.39, 0.29) is 4.90 Å². The molecule has 20 heavy (non-hydrogen) atoms. The van der Waals surface area contributed by atoms with Crippen LogP contribution in [0.15, 0.2) is 29.2 Å². The fourth-order valence-corrected chi connectivity index (χ4v) is 2.69. The summed E-state index contributed by atoms with van der Waals surface area (Å²) in [6.07, 6.45) is 2.67. The molecule has 1 saturated carbocycles. The fraction of sp³-hybridized carbons (Fsp3) is 0.571. The molecule has 1 aliphatic carbocycles. The maximum Gasteiger partial charge on any atom is 0.238 e. The molecule has 112 valence electrons. The van der Waals surface area contributed by atoms with Gasteiger partial charge in [-0.25, -0.2) is 13.6 Å². The summed E-state index contributed by atoms with van der Waals surface area (Å²) in [7, 11) is -1.52. The number of hydrogen-bond acceptors (Lipinski definition) is 4. The van der Waals surface area contributed by atoms with E-state index in [1.165, 1.54) is 25.0 Å². The Bertz CT molecular complexity index is 538. The molecule has 1 aromatic rings. The van der Waals surface area contributed by atoms with Gasteiger partial charge in [0.25, 0.3) is 0 Å². The van der Waals surface area contributed by atoms with Crippen molar-refractivity contribution in [1.82, 2.24) is 4.90 Å².